The lowest BCUT2D eigenvalue weighted by Crippen LogP contribution is -2.45. The summed E-state index contributed by atoms with van der Waals surface area (Å²) in [7, 11) is 2.04. The minimum Gasteiger partial charge on any atom is -0.373 e. The summed E-state index contributed by atoms with van der Waals surface area (Å²) < 4.78 is 6.32. The topological polar surface area (TPSA) is 34.1 Å². The molecule has 2 rings (SSSR count). The second kappa shape index (κ2) is 7.19. The summed E-state index contributed by atoms with van der Waals surface area (Å²) in [6.45, 7) is 5.05. The third-order valence-corrected chi connectivity index (χ3v) is 4.59. The lowest BCUT2D eigenvalue weighted by molar-refractivity contribution is -0.0768. The normalized spacial score (nSPS) is 20.4. The predicted octanol–water partition coefficient (Wildman–Crippen LogP) is 3.78. The first kappa shape index (κ1) is 15.5. The van der Waals surface area contributed by atoms with E-state index in [4.69, 9.17) is 4.74 Å². The lowest BCUT2D eigenvalue weighted by Gasteiger charge is -2.40. The van der Waals surface area contributed by atoms with Crippen LogP contribution in [-0.4, -0.2) is 24.2 Å². The van der Waals surface area contributed by atoms with E-state index in [1.54, 1.807) is 0 Å². The Balaban J connectivity index is 2.36. The van der Waals surface area contributed by atoms with Crippen LogP contribution in [0.4, 0.5) is 0 Å². The Morgan fingerprint density at radius 2 is 2.00 bits per heavy atom. The average Bonchev–Trinajstić information content (AvgIpc) is 2.69. The van der Waals surface area contributed by atoms with Gasteiger partial charge >= 0.3 is 0 Å². The van der Waals surface area contributed by atoms with Crippen molar-refractivity contribution in [2.45, 2.75) is 64.0 Å². The number of aryl methyl sites for hydroxylation is 1. The Hall–Kier alpha value is -0.930. The summed E-state index contributed by atoms with van der Waals surface area (Å²) in [5.74, 6) is 0. The molecule has 1 unspecified atom stereocenters. The predicted molar refractivity (Wildman–Crippen MR) is 82.8 cm³/mol. The van der Waals surface area contributed by atoms with Gasteiger partial charge in [0.1, 0.15) is 0 Å². The van der Waals surface area contributed by atoms with Crippen LogP contribution >= 0.6 is 0 Å². The number of rotatable bonds is 5. The van der Waals surface area contributed by atoms with E-state index in [9.17, 15) is 0 Å². The van der Waals surface area contributed by atoms with E-state index in [0.29, 0.717) is 0 Å². The van der Waals surface area contributed by atoms with E-state index < -0.39 is 0 Å². The van der Waals surface area contributed by atoms with Crippen LogP contribution in [0.1, 0.15) is 62.6 Å². The number of hydrogen-bond acceptors (Lipinski definition) is 3. The van der Waals surface area contributed by atoms with E-state index in [1.807, 2.05) is 19.4 Å². The van der Waals surface area contributed by atoms with Crippen molar-refractivity contribution >= 4 is 0 Å². The largest absolute Gasteiger partial charge is 0.373 e. The fourth-order valence-electron chi connectivity index (χ4n) is 3.61. The molecule has 1 aromatic heterocycles. The highest BCUT2D eigenvalue weighted by Crippen LogP contribution is 2.41. The minimum absolute atomic E-state index is 0.0756. The number of nitrogens with zero attached hydrogens (tertiary/aromatic N) is 1. The zero-order valence-corrected chi connectivity index (χ0v) is 13.1. The molecule has 20 heavy (non-hydrogen) atoms. The second-order valence-corrected chi connectivity index (χ2v) is 5.87. The van der Waals surface area contributed by atoms with Crippen molar-refractivity contribution in [1.82, 2.24) is 10.3 Å². The van der Waals surface area contributed by atoms with E-state index in [1.165, 1.54) is 36.8 Å². The maximum atomic E-state index is 6.32. The molecule has 1 aliphatic carbocycles. The van der Waals surface area contributed by atoms with Gasteiger partial charge in [0.2, 0.25) is 0 Å². The van der Waals surface area contributed by atoms with Gasteiger partial charge in [0.15, 0.2) is 0 Å². The molecule has 1 aromatic rings. The molecule has 1 fully saturated rings. The number of pyridine rings is 1. The number of nitrogens with one attached hydrogen (secondary N) is 1. The van der Waals surface area contributed by atoms with Crippen molar-refractivity contribution in [2.75, 3.05) is 13.7 Å². The average molecular weight is 276 g/mol. The van der Waals surface area contributed by atoms with Gasteiger partial charge < -0.3 is 10.1 Å². The molecule has 112 valence electrons. The Bertz CT molecular complexity index is 411. The number of ether oxygens (including phenoxy) is 1. The fraction of sp³-hybridized carbons (Fsp3) is 0.706. The highest BCUT2D eigenvalue weighted by Gasteiger charge is 2.40. The van der Waals surface area contributed by atoms with Gasteiger partial charge in [0, 0.05) is 19.0 Å². The third-order valence-electron chi connectivity index (χ3n) is 4.59. The SMILES string of the molecule is CCOC1(C(NC)c2cnccc2C)CCCCCC1. The quantitative estimate of drug-likeness (QED) is 0.831. The Labute approximate surface area is 123 Å². The molecular weight excluding hydrogens is 248 g/mol. The monoisotopic (exact) mass is 276 g/mol. The minimum atomic E-state index is -0.0756. The zero-order chi connectivity index (χ0) is 14.4. The van der Waals surface area contributed by atoms with Crippen molar-refractivity contribution in [3.63, 3.8) is 0 Å². The maximum absolute atomic E-state index is 6.32. The van der Waals surface area contributed by atoms with Gasteiger partial charge in [0.25, 0.3) is 0 Å². The lowest BCUT2D eigenvalue weighted by atomic mass is 9.81. The van der Waals surface area contributed by atoms with Crippen LogP contribution in [0, 0.1) is 6.92 Å². The van der Waals surface area contributed by atoms with Crippen LogP contribution in [-0.2, 0) is 4.74 Å². The number of likely N-dealkylation sites (N-methyl/N-ethyl adjacent to an activating group) is 1. The van der Waals surface area contributed by atoms with Crippen molar-refractivity contribution in [3.05, 3.63) is 29.6 Å². The molecule has 0 radical (unpaired) electrons. The van der Waals surface area contributed by atoms with E-state index in [2.05, 4.69) is 30.2 Å². The first-order valence-electron chi connectivity index (χ1n) is 7.95. The van der Waals surface area contributed by atoms with Crippen molar-refractivity contribution in [1.29, 1.82) is 0 Å². The highest BCUT2D eigenvalue weighted by atomic mass is 16.5. The molecule has 3 nitrogen and oxygen atoms in total. The van der Waals surface area contributed by atoms with Gasteiger partial charge in [-0.2, -0.15) is 0 Å². The Kier molecular flexibility index (Phi) is 5.55. The first-order chi connectivity index (χ1) is 9.73. The number of hydrogen-bond donors (Lipinski definition) is 1. The second-order valence-electron chi connectivity index (χ2n) is 5.87. The molecule has 1 heterocycles. The molecule has 0 saturated heterocycles. The van der Waals surface area contributed by atoms with Crippen LogP contribution in [0.5, 0.6) is 0 Å². The highest BCUT2D eigenvalue weighted by molar-refractivity contribution is 5.28. The van der Waals surface area contributed by atoms with Crippen LogP contribution in [0.25, 0.3) is 0 Å². The van der Waals surface area contributed by atoms with Crippen molar-refractivity contribution in [2.24, 2.45) is 0 Å². The van der Waals surface area contributed by atoms with E-state index in [-0.39, 0.29) is 11.6 Å². The molecule has 1 saturated carbocycles. The Morgan fingerprint density at radius 1 is 1.30 bits per heavy atom. The third kappa shape index (κ3) is 3.21. The molecule has 3 heteroatoms. The summed E-state index contributed by atoms with van der Waals surface area (Å²) in [5, 5.41) is 3.52. The smallest absolute Gasteiger partial charge is 0.0876 e. The fourth-order valence-corrected chi connectivity index (χ4v) is 3.61. The van der Waals surface area contributed by atoms with Gasteiger partial charge in [0.05, 0.1) is 11.6 Å². The summed E-state index contributed by atoms with van der Waals surface area (Å²) in [4.78, 5) is 4.33. The van der Waals surface area contributed by atoms with E-state index >= 15 is 0 Å². The van der Waals surface area contributed by atoms with Gasteiger partial charge in [-0.1, -0.05) is 25.7 Å². The van der Waals surface area contributed by atoms with Crippen molar-refractivity contribution < 1.29 is 4.74 Å². The van der Waals surface area contributed by atoms with Gasteiger partial charge in [-0.05, 0) is 50.9 Å². The van der Waals surface area contributed by atoms with Crippen LogP contribution in [0.2, 0.25) is 0 Å². The zero-order valence-electron chi connectivity index (χ0n) is 13.1. The van der Waals surface area contributed by atoms with Crippen LogP contribution in [0.15, 0.2) is 18.5 Å². The summed E-state index contributed by atoms with van der Waals surface area (Å²) >= 11 is 0. The summed E-state index contributed by atoms with van der Waals surface area (Å²) in [6.07, 6.45) is 11.3. The summed E-state index contributed by atoms with van der Waals surface area (Å²) in [5.41, 5.74) is 2.50. The molecule has 0 aliphatic heterocycles. The molecule has 0 aromatic carbocycles. The van der Waals surface area contributed by atoms with Crippen LogP contribution in [0.3, 0.4) is 0 Å². The molecular formula is C17H28N2O. The molecule has 0 bridgehead atoms. The maximum Gasteiger partial charge on any atom is 0.0876 e. The van der Waals surface area contributed by atoms with Crippen molar-refractivity contribution in [3.8, 4) is 0 Å². The molecule has 1 atom stereocenters. The number of aromatic nitrogens is 1. The van der Waals surface area contributed by atoms with Gasteiger partial charge in [-0.15, -0.1) is 0 Å². The molecule has 0 spiro atoms. The molecule has 0 amide bonds. The van der Waals surface area contributed by atoms with Crippen LogP contribution < -0.4 is 5.32 Å². The standard InChI is InChI=1S/C17H28N2O/c1-4-20-17(10-7-5-6-8-11-17)16(18-3)15-13-19-12-9-14(15)2/h9,12-13,16,18H,4-8,10-11H2,1-3H3. The summed E-state index contributed by atoms with van der Waals surface area (Å²) in [6, 6.07) is 2.32. The Morgan fingerprint density at radius 3 is 2.55 bits per heavy atom. The molecule has 1 N–H and O–H groups in total. The van der Waals surface area contributed by atoms with Gasteiger partial charge in [-0.25, -0.2) is 0 Å². The van der Waals surface area contributed by atoms with Gasteiger partial charge in [-0.3, -0.25) is 4.98 Å². The van der Waals surface area contributed by atoms with E-state index in [0.717, 1.165) is 19.4 Å². The molecule has 1 aliphatic rings. The first-order valence-corrected chi connectivity index (χ1v) is 7.95.